The largest absolute Gasteiger partial charge is 0.382 e. The van der Waals surface area contributed by atoms with Crippen molar-refractivity contribution in [1.82, 2.24) is 20.3 Å². The topological polar surface area (TPSA) is 93.8 Å². The van der Waals surface area contributed by atoms with Crippen LogP contribution < -0.4 is 11.1 Å². The van der Waals surface area contributed by atoms with Crippen molar-refractivity contribution in [2.24, 2.45) is 0 Å². The van der Waals surface area contributed by atoms with E-state index in [1.807, 2.05) is 13.8 Å². The van der Waals surface area contributed by atoms with Crippen LogP contribution in [-0.2, 0) is 6.42 Å². The number of thiazole rings is 1. The lowest BCUT2D eigenvalue weighted by Gasteiger charge is -2.05. The zero-order valence-electron chi connectivity index (χ0n) is 10.8. The molecule has 0 fully saturated rings. The number of nitrogen functional groups attached to an aromatic ring is 1. The summed E-state index contributed by atoms with van der Waals surface area (Å²) in [5.41, 5.74) is 6.78. The highest BCUT2D eigenvalue weighted by atomic mass is 32.1. The van der Waals surface area contributed by atoms with Crippen LogP contribution in [0, 0.1) is 13.8 Å². The molecule has 0 aliphatic carbocycles. The Morgan fingerprint density at radius 2 is 2.11 bits per heavy atom. The lowest BCUT2D eigenvalue weighted by atomic mass is 10.3. The number of hydrogen-bond acceptors (Lipinski definition) is 6. The van der Waals surface area contributed by atoms with E-state index in [1.54, 1.807) is 11.3 Å². The van der Waals surface area contributed by atoms with Crippen molar-refractivity contribution in [3.63, 3.8) is 0 Å². The predicted molar refractivity (Wildman–Crippen MR) is 74.1 cm³/mol. The Morgan fingerprint density at radius 1 is 1.37 bits per heavy atom. The number of aryl methyl sites for hydroxylation is 2. The van der Waals surface area contributed by atoms with Crippen molar-refractivity contribution in [2.75, 3.05) is 12.3 Å². The molecule has 0 atom stereocenters. The summed E-state index contributed by atoms with van der Waals surface area (Å²) in [7, 11) is 0. The zero-order chi connectivity index (χ0) is 13.8. The maximum atomic E-state index is 11.8. The van der Waals surface area contributed by atoms with E-state index in [1.165, 1.54) is 17.3 Å². The summed E-state index contributed by atoms with van der Waals surface area (Å²) < 4.78 is 0. The second kappa shape index (κ2) is 5.75. The quantitative estimate of drug-likeness (QED) is 0.873. The summed E-state index contributed by atoms with van der Waals surface area (Å²) in [5, 5.41) is 3.82. The molecule has 19 heavy (non-hydrogen) atoms. The molecule has 2 heterocycles. The van der Waals surface area contributed by atoms with Crippen LogP contribution >= 0.6 is 11.3 Å². The van der Waals surface area contributed by atoms with Gasteiger partial charge in [0.25, 0.3) is 5.91 Å². The SMILES string of the molecule is Cc1nc(C)c(CCNC(=O)c2nccnc2N)s1. The van der Waals surface area contributed by atoms with E-state index < -0.39 is 0 Å². The fraction of sp³-hybridized carbons (Fsp3) is 0.333. The Balaban J connectivity index is 1.91. The molecule has 0 bridgehead atoms. The molecule has 3 N–H and O–H groups in total. The number of carbonyl (C=O) groups excluding carboxylic acids is 1. The van der Waals surface area contributed by atoms with Gasteiger partial charge in [-0.25, -0.2) is 15.0 Å². The second-order valence-electron chi connectivity index (χ2n) is 4.04. The van der Waals surface area contributed by atoms with Crippen molar-refractivity contribution < 1.29 is 4.79 Å². The maximum Gasteiger partial charge on any atom is 0.273 e. The third-order valence-corrected chi connectivity index (χ3v) is 3.71. The minimum Gasteiger partial charge on any atom is -0.382 e. The van der Waals surface area contributed by atoms with Crippen LogP contribution in [0.1, 0.15) is 26.1 Å². The van der Waals surface area contributed by atoms with Gasteiger partial charge >= 0.3 is 0 Å². The first-order chi connectivity index (χ1) is 9.08. The van der Waals surface area contributed by atoms with Crippen molar-refractivity contribution in [3.05, 3.63) is 33.7 Å². The molecule has 0 aromatic carbocycles. The van der Waals surface area contributed by atoms with E-state index in [9.17, 15) is 4.79 Å². The first-order valence-electron chi connectivity index (χ1n) is 5.85. The average molecular weight is 277 g/mol. The van der Waals surface area contributed by atoms with E-state index in [0.717, 1.165) is 17.1 Å². The number of rotatable bonds is 4. The van der Waals surface area contributed by atoms with Crippen LogP contribution in [0.5, 0.6) is 0 Å². The van der Waals surface area contributed by atoms with E-state index in [4.69, 9.17) is 5.73 Å². The van der Waals surface area contributed by atoms with Gasteiger partial charge in [0.15, 0.2) is 11.5 Å². The van der Waals surface area contributed by atoms with Crippen molar-refractivity contribution in [1.29, 1.82) is 0 Å². The molecule has 0 radical (unpaired) electrons. The molecule has 0 saturated carbocycles. The molecule has 6 nitrogen and oxygen atoms in total. The summed E-state index contributed by atoms with van der Waals surface area (Å²) in [6.07, 6.45) is 3.65. The minimum absolute atomic E-state index is 0.143. The van der Waals surface area contributed by atoms with Gasteiger partial charge in [-0.05, 0) is 13.8 Å². The Kier molecular flexibility index (Phi) is 4.06. The van der Waals surface area contributed by atoms with Gasteiger partial charge < -0.3 is 11.1 Å². The number of aromatic nitrogens is 3. The van der Waals surface area contributed by atoms with Crippen LogP contribution in [0.25, 0.3) is 0 Å². The average Bonchev–Trinajstić information content (AvgIpc) is 2.68. The van der Waals surface area contributed by atoms with Gasteiger partial charge in [0.05, 0.1) is 10.7 Å². The Labute approximate surface area is 115 Å². The molecule has 2 rings (SSSR count). The molecular formula is C12H15N5OS. The molecule has 0 aliphatic rings. The monoisotopic (exact) mass is 277 g/mol. The van der Waals surface area contributed by atoms with E-state index in [0.29, 0.717) is 6.54 Å². The van der Waals surface area contributed by atoms with Crippen molar-refractivity contribution in [2.45, 2.75) is 20.3 Å². The molecule has 100 valence electrons. The van der Waals surface area contributed by atoms with Crippen LogP contribution in [-0.4, -0.2) is 27.4 Å². The second-order valence-corrected chi connectivity index (χ2v) is 5.33. The van der Waals surface area contributed by atoms with Crippen LogP contribution in [0.15, 0.2) is 12.4 Å². The molecule has 0 spiro atoms. The maximum absolute atomic E-state index is 11.8. The van der Waals surface area contributed by atoms with Gasteiger partial charge in [0.2, 0.25) is 0 Å². The standard InChI is InChI=1S/C12H15N5OS/c1-7-9(19-8(2)17-7)3-4-16-12(18)10-11(13)15-6-5-14-10/h5-6H,3-4H2,1-2H3,(H2,13,15)(H,16,18). The van der Waals surface area contributed by atoms with Crippen LogP contribution in [0.3, 0.4) is 0 Å². The summed E-state index contributed by atoms with van der Waals surface area (Å²) in [5.74, 6) is -0.158. The predicted octanol–water partition coefficient (Wildman–Crippen LogP) is 1.10. The summed E-state index contributed by atoms with van der Waals surface area (Å²) in [4.78, 5) is 25.1. The van der Waals surface area contributed by atoms with Gasteiger partial charge in [-0.1, -0.05) is 0 Å². The Hall–Kier alpha value is -2.02. The smallest absolute Gasteiger partial charge is 0.273 e. The molecular weight excluding hydrogens is 262 g/mol. The third kappa shape index (κ3) is 3.25. The molecule has 2 aromatic rings. The van der Waals surface area contributed by atoms with Gasteiger partial charge in [-0.3, -0.25) is 4.79 Å². The highest BCUT2D eigenvalue weighted by Crippen LogP contribution is 2.17. The summed E-state index contributed by atoms with van der Waals surface area (Å²) in [6, 6.07) is 0. The molecule has 7 heteroatoms. The van der Waals surface area contributed by atoms with Gasteiger partial charge in [0.1, 0.15) is 0 Å². The molecule has 2 aromatic heterocycles. The van der Waals surface area contributed by atoms with Crippen LogP contribution in [0.4, 0.5) is 5.82 Å². The summed E-state index contributed by atoms with van der Waals surface area (Å²) in [6.45, 7) is 4.47. The molecule has 0 saturated heterocycles. The fourth-order valence-corrected chi connectivity index (χ4v) is 2.64. The Morgan fingerprint density at radius 3 is 2.74 bits per heavy atom. The van der Waals surface area contributed by atoms with Gasteiger partial charge in [-0.2, -0.15) is 0 Å². The number of amides is 1. The lowest BCUT2D eigenvalue weighted by molar-refractivity contribution is 0.0950. The van der Waals surface area contributed by atoms with Gasteiger partial charge in [-0.15, -0.1) is 11.3 Å². The van der Waals surface area contributed by atoms with E-state index >= 15 is 0 Å². The molecule has 0 unspecified atom stereocenters. The minimum atomic E-state index is -0.301. The molecule has 0 aliphatic heterocycles. The summed E-state index contributed by atoms with van der Waals surface area (Å²) >= 11 is 1.65. The first-order valence-corrected chi connectivity index (χ1v) is 6.67. The van der Waals surface area contributed by atoms with Gasteiger partial charge in [0, 0.05) is 30.2 Å². The Bertz CT molecular complexity index is 596. The van der Waals surface area contributed by atoms with Crippen molar-refractivity contribution in [3.8, 4) is 0 Å². The number of nitrogens with one attached hydrogen (secondary N) is 1. The fourth-order valence-electron chi connectivity index (χ4n) is 1.70. The third-order valence-electron chi connectivity index (χ3n) is 2.58. The number of hydrogen-bond donors (Lipinski definition) is 2. The molecule has 1 amide bonds. The van der Waals surface area contributed by atoms with Crippen LogP contribution in [0.2, 0.25) is 0 Å². The highest BCUT2D eigenvalue weighted by Gasteiger charge is 2.12. The normalized spacial score (nSPS) is 10.4. The number of anilines is 1. The lowest BCUT2D eigenvalue weighted by Crippen LogP contribution is -2.27. The van der Waals surface area contributed by atoms with E-state index in [2.05, 4.69) is 20.3 Å². The zero-order valence-corrected chi connectivity index (χ0v) is 11.6. The first kappa shape index (κ1) is 13.4. The number of carbonyl (C=O) groups is 1. The van der Waals surface area contributed by atoms with E-state index in [-0.39, 0.29) is 17.4 Å². The number of nitrogens with zero attached hydrogens (tertiary/aromatic N) is 3. The van der Waals surface area contributed by atoms with Crippen molar-refractivity contribution >= 4 is 23.1 Å². The number of nitrogens with two attached hydrogens (primary N) is 1. The highest BCUT2D eigenvalue weighted by molar-refractivity contribution is 7.11.